The molecular weight excluding hydrogens is 234 g/mol. The lowest BCUT2D eigenvalue weighted by Gasteiger charge is -2.22. The fourth-order valence-electron chi connectivity index (χ4n) is 2.66. The molecule has 1 aromatic rings. The summed E-state index contributed by atoms with van der Waals surface area (Å²) in [7, 11) is 0. The number of nitrogens with zero attached hydrogens (tertiary/aromatic N) is 2. The van der Waals surface area contributed by atoms with E-state index in [0.29, 0.717) is 11.8 Å². The van der Waals surface area contributed by atoms with Gasteiger partial charge in [-0.2, -0.15) is 0 Å². The zero-order chi connectivity index (χ0) is 14.0. The lowest BCUT2D eigenvalue weighted by Crippen LogP contribution is -2.26. The van der Waals surface area contributed by atoms with E-state index in [1.54, 1.807) is 0 Å². The molecule has 2 rings (SSSR count). The van der Waals surface area contributed by atoms with Gasteiger partial charge in [0.15, 0.2) is 0 Å². The average molecular weight is 263 g/mol. The summed E-state index contributed by atoms with van der Waals surface area (Å²) in [4.78, 5) is 4.90. The minimum Gasteiger partial charge on any atom is -0.331 e. The molecule has 0 saturated heterocycles. The average Bonchev–Trinajstić information content (AvgIpc) is 2.66. The quantitative estimate of drug-likeness (QED) is 0.885. The van der Waals surface area contributed by atoms with Crippen molar-refractivity contribution in [1.29, 1.82) is 0 Å². The van der Waals surface area contributed by atoms with Gasteiger partial charge in [0, 0.05) is 38.2 Å². The molecule has 1 aliphatic heterocycles. The van der Waals surface area contributed by atoms with Crippen LogP contribution in [-0.4, -0.2) is 16.1 Å². The van der Waals surface area contributed by atoms with Crippen molar-refractivity contribution in [3.05, 3.63) is 17.2 Å². The number of hydrogen-bond acceptors (Lipinski definition) is 2. The summed E-state index contributed by atoms with van der Waals surface area (Å²) in [6.07, 6.45) is 2.23. The Balaban J connectivity index is 2.29. The van der Waals surface area contributed by atoms with Crippen molar-refractivity contribution in [2.45, 2.75) is 60.5 Å². The predicted octanol–water partition coefficient (Wildman–Crippen LogP) is 3.02. The number of imidazole rings is 1. The monoisotopic (exact) mass is 263 g/mol. The van der Waals surface area contributed by atoms with Gasteiger partial charge in [-0.25, -0.2) is 4.98 Å². The molecule has 108 valence electrons. The molecular formula is C16H29N3. The van der Waals surface area contributed by atoms with E-state index in [-0.39, 0.29) is 0 Å². The van der Waals surface area contributed by atoms with Crippen LogP contribution in [-0.2, 0) is 25.9 Å². The molecule has 1 atom stereocenters. The Morgan fingerprint density at radius 3 is 2.58 bits per heavy atom. The van der Waals surface area contributed by atoms with E-state index in [1.807, 2.05) is 0 Å². The summed E-state index contributed by atoms with van der Waals surface area (Å²) in [5.41, 5.74) is 2.78. The Morgan fingerprint density at radius 2 is 1.95 bits per heavy atom. The molecule has 1 N–H and O–H groups in total. The molecule has 19 heavy (non-hydrogen) atoms. The Bertz CT molecular complexity index is 418. The number of nitrogens with one attached hydrogen (secondary N) is 1. The van der Waals surface area contributed by atoms with Crippen molar-refractivity contribution in [2.75, 3.05) is 6.54 Å². The van der Waals surface area contributed by atoms with Gasteiger partial charge in [-0.15, -0.1) is 0 Å². The van der Waals surface area contributed by atoms with Gasteiger partial charge >= 0.3 is 0 Å². The third-order valence-corrected chi connectivity index (χ3v) is 4.26. The van der Waals surface area contributed by atoms with Crippen molar-refractivity contribution in [2.24, 2.45) is 17.8 Å². The topological polar surface area (TPSA) is 29.9 Å². The maximum Gasteiger partial charge on any atom is 0.109 e. The second-order valence-electron chi connectivity index (χ2n) is 6.78. The lowest BCUT2D eigenvalue weighted by molar-refractivity contribution is 0.351. The zero-order valence-corrected chi connectivity index (χ0v) is 13.2. The molecule has 1 aromatic heterocycles. The maximum atomic E-state index is 4.90. The van der Waals surface area contributed by atoms with E-state index in [2.05, 4.69) is 44.5 Å². The van der Waals surface area contributed by atoms with Crippen molar-refractivity contribution in [1.82, 2.24) is 14.9 Å². The van der Waals surface area contributed by atoms with Crippen molar-refractivity contribution in [3.8, 4) is 0 Å². The standard InChI is InChI=1S/C16H29N3/c1-11(2)8-16-18-14-9-17-7-6-15(14)19(16)10-13(5)12(3)4/h11-13,17H,6-10H2,1-5H3. The van der Waals surface area contributed by atoms with Gasteiger partial charge in [0.2, 0.25) is 0 Å². The van der Waals surface area contributed by atoms with Crippen LogP contribution in [0.1, 0.15) is 51.8 Å². The molecule has 0 radical (unpaired) electrons. The van der Waals surface area contributed by atoms with Crippen LogP contribution in [0.2, 0.25) is 0 Å². The number of fused-ring (bicyclic) bond motifs is 1. The first-order valence-electron chi connectivity index (χ1n) is 7.77. The van der Waals surface area contributed by atoms with E-state index < -0.39 is 0 Å². The van der Waals surface area contributed by atoms with Gasteiger partial charge in [0.05, 0.1) is 5.69 Å². The fraction of sp³-hybridized carbons (Fsp3) is 0.812. The molecule has 0 fully saturated rings. The van der Waals surface area contributed by atoms with Crippen molar-refractivity contribution < 1.29 is 0 Å². The van der Waals surface area contributed by atoms with Gasteiger partial charge in [0.25, 0.3) is 0 Å². The predicted molar refractivity (Wildman–Crippen MR) is 80.2 cm³/mol. The third kappa shape index (κ3) is 3.38. The highest BCUT2D eigenvalue weighted by Crippen LogP contribution is 2.22. The summed E-state index contributed by atoms with van der Waals surface area (Å²) in [6.45, 7) is 14.7. The van der Waals surface area contributed by atoms with Crippen LogP contribution in [0.25, 0.3) is 0 Å². The molecule has 1 unspecified atom stereocenters. The Kier molecular flexibility index (Phi) is 4.67. The molecule has 0 aromatic carbocycles. The largest absolute Gasteiger partial charge is 0.331 e. The first-order chi connectivity index (χ1) is 8.99. The van der Waals surface area contributed by atoms with Gasteiger partial charge in [-0.05, 0) is 17.8 Å². The SMILES string of the molecule is CC(C)Cc1nc2c(n1CC(C)C(C)C)CCNC2. The summed E-state index contributed by atoms with van der Waals surface area (Å²) in [6, 6.07) is 0. The van der Waals surface area contributed by atoms with Crippen LogP contribution in [0.15, 0.2) is 0 Å². The second kappa shape index (κ2) is 6.08. The van der Waals surface area contributed by atoms with Crippen LogP contribution in [0.5, 0.6) is 0 Å². The second-order valence-corrected chi connectivity index (χ2v) is 6.78. The van der Waals surface area contributed by atoms with E-state index >= 15 is 0 Å². The van der Waals surface area contributed by atoms with Gasteiger partial charge in [-0.1, -0.05) is 34.6 Å². The van der Waals surface area contributed by atoms with E-state index in [4.69, 9.17) is 4.98 Å². The lowest BCUT2D eigenvalue weighted by atomic mass is 9.97. The Hall–Kier alpha value is -0.830. The minimum absolute atomic E-state index is 0.671. The summed E-state index contributed by atoms with van der Waals surface area (Å²) < 4.78 is 2.53. The molecule has 2 heterocycles. The van der Waals surface area contributed by atoms with Crippen molar-refractivity contribution in [3.63, 3.8) is 0 Å². The Morgan fingerprint density at radius 1 is 1.21 bits per heavy atom. The molecule has 0 aliphatic carbocycles. The molecule has 3 nitrogen and oxygen atoms in total. The highest BCUT2D eigenvalue weighted by atomic mass is 15.1. The zero-order valence-electron chi connectivity index (χ0n) is 13.2. The fourth-order valence-corrected chi connectivity index (χ4v) is 2.66. The van der Waals surface area contributed by atoms with Gasteiger partial charge < -0.3 is 9.88 Å². The van der Waals surface area contributed by atoms with E-state index in [9.17, 15) is 0 Å². The molecule has 0 spiro atoms. The maximum absolute atomic E-state index is 4.90. The number of hydrogen-bond donors (Lipinski definition) is 1. The molecule has 0 bridgehead atoms. The molecule has 0 saturated carbocycles. The molecule has 1 aliphatic rings. The molecule has 0 amide bonds. The van der Waals surface area contributed by atoms with Crippen LogP contribution >= 0.6 is 0 Å². The minimum atomic E-state index is 0.671. The summed E-state index contributed by atoms with van der Waals surface area (Å²) in [5.74, 6) is 3.41. The molecule has 3 heteroatoms. The van der Waals surface area contributed by atoms with Crippen LogP contribution in [0.4, 0.5) is 0 Å². The number of rotatable bonds is 5. The van der Waals surface area contributed by atoms with Gasteiger partial charge in [0.1, 0.15) is 5.82 Å². The van der Waals surface area contributed by atoms with Gasteiger partial charge in [-0.3, -0.25) is 0 Å². The summed E-state index contributed by atoms with van der Waals surface area (Å²) in [5, 5.41) is 3.44. The highest BCUT2D eigenvalue weighted by Gasteiger charge is 2.21. The van der Waals surface area contributed by atoms with E-state index in [1.165, 1.54) is 17.2 Å². The first kappa shape index (κ1) is 14.6. The summed E-state index contributed by atoms with van der Waals surface area (Å²) >= 11 is 0. The van der Waals surface area contributed by atoms with Crippen LogP contribution in [0.3, 0.4) is 0 Å². The first-order valence-corrected chi connectivity index (χ1v) is 7.77. The number of aromatic nitrogens is 2. The highest BCUT2D eigenvalue weighted by molar-refractivity contribution is 5.20. The van der Waals surface area contributed by atoms with Crippen molar-refractivity contribution >= 4 is 0 Å². The third-order valence-electron chi connectivity index (χ3n) is 4.26. The smallest absolute Gasteiger partial charge is 0.109 e. The van der Waals surface area contributed by atoms with E-state index in [0.717, 1.165) is 38.4 Å². The van der Waals surface area contributed by atoms with Crippen LogP contribution in [0, 0.1) is 17.8 Å². The normalized spacial score (nSPS) is 17.0. The Labute approximate surface area is 117 Å². The van der Waals surface area contributed by atoms with Crippen LogP contribution < -0.4 is 5.32 Å².